The number of benzene rings is 1. The van der Waals surface area contributed by atoms with Crippen molar-refractivity contribution in [1.29, 1.82) is 0 Å². The lowest BCUT2D eigenvalue weighted by molar-refractivity contribution is -0.119. The molecule has 3 rings (SSSR count). The SMILES string of the molecule is CCC(C(=O)Nc1ncn(Cc2ccc(F)cc2)n1)n1nc(C)c(Cl)c1C. The minimum atomic E-state index is -0.514. The smallest absolute Gasteiger partial charge is 0.251 e. The number of hydrogen-bond acceptors (Lipinski definition) is 4. The summed E-state index contributed by atoms with van der Waals surface area (Å²) < 4.78 is 16.2. The van der Waals surface area contributed by atoms with Crippen molar-refractivity contribution in [2.24, 2.45) is 0 Å². The molecule has 7 nitrogen and oxygen atoms in total. The van der Waals surface area contributed by atoms with Crippen LogP contribution in [0.15, 0.2) is 30.6 Å². The van der Waals surface area contributed by atoms with Gasteiger partial charge in [-0.15, -0.1) is 5.10 Å². The average molecular weight is 391 g/mol. The van der Waals surface area contributed by atoms with Crippen molar-refractivity contribution in [3.8, 4) is 0 Å². The molecule has 3 aromatic rings. The van der Waals surface area contributed by atoms with Crippen molar-refractivity contribution >= 4 is 23.5 Å². The maximum absolute atomic E-state index is 13.0. The van der Waals surface area contributed by atoms with Crippen molar-refractivity contribution in [2.45, 2.75) is 39.8 Å². The van der Waals surface area contributed by atoms with Crippen LogP contribution in [0.2, 0.25) is 5.02 Å². The lowest BCUT2D eigenvalue weighted by Crippen LogP contribution is -2.27. The van der Waals surface area contributed by atoms with Crippen molar-refractivity contribution in [1.82, 2.24) is 24.5 Å². The Bertz CT molecular complexity index is 949. The van der Waals surface area contributed by atoms with E-state index in [1.807, 2.05) is 13.8 Å². The second kappa shape index (κ2) is 7.87. The molecule has 1 aromatic carbocycles. The molecule has 142 valence electrons. The summed E-state index contributed by atoms with van der Waals surface area (Å²) >= 11 is 6.19. The molecule has 2 heterocycles. The topological polar surface area (TPSA) is 77.6 Å². The third-order valence-electron chi connectivity index (χ3n) is 4.25. The van der Waals surface area contributed by atoms with E-state index in [4.69, 9.17) is 11.6 Å². The minimum absolute atomic E-state index is 0.202. The molecule has 0 aliphatic heterocycles. The third-order valence-corrected chi connectivity index (χ3v) is 4.80. The van der Waals surface area contributed by atoms with Crippen LogP contribution in [-0.2, 0) is 11.3 Å². The van der Waals surface area contributed by atoms with E-state index in [0.29, 0.717) is 23.7 Å². The van der Waals surface area contributed by atoms with E-state index in [9.17, 15) is 9.18 Å². The highest BCUT2D eigenvalue weighted by molar-refractivity contribution is 6.31. The molecule has 0 saturated heterocycles. The number of aromatic nitrogens is 5. The summed E-state index contributed by atoms with van der Waals surface area (Å²) in [5, 5.41) is 11.9. The number of amides is 1. The first kappa shape index (κ1) is 19.0. The number of nitrogens with zero attached hydrogens (tertiary/aromatic N) is 5. The molecule has 27 heavy (non-hydrogen) atoms. The van der Waals surface area contributed by atoms with Gasteiger partial charge in [0.2, 0.25) is 5.95 Å². The molecule has 0 spiro atoms. The van der Waals surface area contributed by atoms with E-state index in [1.165, 1.54) is 18.5 Å². The van der Waals surface area contributed by atoms with E-state index < -0.39 is 6.04 Å². The van der Waals surface area contributed by atoms with E-state index in [-0.39, 0.29) is 17.7 Å². The second-order valence-electron chi connectivity index (χ2n) is 6.23. The summed E-state index contributed by atoms with van der Waals surface area (Å²) in [7, 11) is 0. The van der Waals surface area contributed by atoms with Gasteiger partial charge < -0.3 is 0 Å². The Balaban J connectivity index is 1.70. The number of nitrogens with one attached hydrogen (secondary N) is 1. The summed E-state index contributed by atoms with van der Waals surface area (Å²) in [6.45, 7) is 5.95. The zero-order chi connectivity index (χ0) is 19.6. The zero-order valence-corrected chi connectivity index (χ0v) is 16.0. The molecule has 1 N–H and O–H groups in total. The predicted octanol–water partition coefficient (Wildman–Crippen LogP) is 3.52. The standard InChI is InChI=1S/C18H20ClFN6O/c1-4-15(26-12(3)16(19)11(2)23-26)17(27)22-18-21-10-25(24-18)9-13-5-7-14(20)8-6-13/h5-8,10,15H,4,9H2,1-3H3,(H,22,24,27). The molecule has 0 bridgehead atoms. The summed E-state index contributed by atoms with van der Waals surface area (Å²) in [5.41, 5.74) is 2.30. The first-order chi connectivity index (χ1) is 12.9. The molecule has 0 saturated carbocycles. The highest BCUT2D eigenvalue weighted by Gasteiger charge is 2.24. The average Bonchev–Trinajstić information content (AvgIpc) is 3.18. The van der Waals surface area contributed by atoms with Crippen LogP contribution in [0.25, 0.3) is 0 Å². The van der Waals surface area contributed by atoms with Gasteiger partial charge in [-0.25, -0.2) is 14.1 Å². The van der Waals surface area contributed by atoms with Crippen molar-refractivity contribution in [3.63, 3.8) is 0 Å². The Morgan fingerprint density at radius 3 is 2.56 bits per heavy atom. The van der Waals surface area contributed by atoms with Gasteiger partial charge in [0.1, 0.15) is 18.2 Å². The highest BCUT2D eigenvalue weighted by Crippen LogP contribution is 2.24. The minimum Gasteiger partial charge on any atom is -0.291 e. The van der Waals surface area contributed by atoms with E-state index in [0.717, 1.165) is 11.3 Å². The van der Waals surface area contributed by atoms with Crippen LogP contribution in [0.4, 0.5) is 10.3 Å². The van der Waals surface area contributed by atoms with Gasteiger partial charge in [0, 0.05) is 0 Å². The molecule has 0 radical (unpaired) electrons. The number of anilines is 1. The second-order valence-corrected chi connectivity index (χ2v) is 6.61. The van der Waals surface area contributed by atoms with Gasteiger partial charge in [-0.05, 0) is 38.0 Å². The number of hydrogen-bond donors (Lipinski definition) is 1. The monoisotopic (exact) mass is 390 g/mol. The maximum Gasteiger partial charge on any atom is 0.251 e. The number of carbonyl (C=O) groups is 1. The highest BCUT2D eigenvalue weighted by atomic mass is 35.5. The van der Waals surface area contributed by atoms with Gasteiger partial charge in [-0.1, -0.05) is 30.7 Å². The van der Waals surface area contributed by atoms with Crippen molar-refractivity contribution in [3.05, 3.63) is 58.4 Å². The fourth-order valence-electron chi connectivity index (χ4n) is 2.81. The summed E-state index contributed by atoms with van der Waals surface area (Å²) in [4.78, 5) is 16.8. The Kier molecular flexibility index (Phi) is 5.55. The zero-order valence-electron chi connectivity index (χ0n) is 15.3. The molecule has 0 aliphatic rings. The number of rotatable bonds is 6. The number of aryl methyl sites for hydroxylation is 1. The predicted molar refractivity (Wildman–Crippen MR) is 100 cm³/mol. The molecular formula is C18H20ClFN6O. The van der Waals surface area contributed by atoms with E-state index >= 15 is 0 Å². The van der Waals surface area contributed by atoms with Crippen LogP contribution in [-0.4, -0.2) is 30.5 Å². The maximum atomic E-state index is 13.0. The molecule has 2 aromatic heterocycles. The van der Waals surface area contributed by atoms with Crippen LogP contribution in [0.1, 0.15) is 36.3 Å². The molecule has 9 heteroatoms. The Labute approximate surface area is 161 Å². The van der Waals surface area contributed by atoms with Gasteiger partial charge in [0.25, 0.3) is 5.91 Å². The van der Waals surface area contributed by atoms with E-state index in [2.05, 4.69) is 20.5 Å². The van der Waals surface area contributed by atoms with E-state index in [1.54, 1.807) is 28.4 Å². The van der Waals surface area contributed by atoms with Crippen LogP contribution in [0, 0.1) is 19.7 Å². The number of carbonyl (C=O) groups excluding carboxylic acids is 1. The molecule has 1 atom stereocenters. The summed E-state index contributed by atoms with van der Waals surface area (Å²) in [6.07, 6.45) is 2.06. The first-order valence-corrected chi connectivity index (χ1v) is 8.92. The Hall–Kier alpha value is -2.74. The van der Waals surface area contributed by atoms with Gasteiger partial charge in [-0.3, -0.25) is 14.8 Å². The fraction of sp³-hybridized carbons (Fsp3) is 0.333. The Morgan fingerprint density at radius 1 is 1.26 bits per heavy atom. The third kappa shape index (κ3) is 4.16. The number of halogens is 2. The fourth-order valence-corrected chi connectivity index (χ4v) is 2.94. The van der Waals surface area contributed by atoms with Crippen molar-refractivity contribution < 1.29 is 9.18 Å². The quantitative estimate of drug-likeness (QED) is 0.698. The van der Waals surface area contributed by atoms with Gasteiger partial charge in [0.15, 0.2) is 0 Å². The molecular weight excluding hydrogens is 371 g/mol. The molecule has 0 fully saturated rings. The lowest BCUT2D eigenvalue weighted by atomic mass is 10.2. The summed E-state index contributed by atoms with van der Waals surface area (Å²) in [5.74, 6) is -0.354. The van der Waals surface area contributed by atoms with Crippen LogP contribution < -0.4 is 5.32 Å². The van der Waals surface area contributed by atoms with Gasteiger partial charge >= 0.3 is 0 Å². The molecule has 1 unspecified atom stereocenters. The van der Waals surface area contributed by atoms with Gasteiger partial charge in [-0.2, -0.15) is 5.10 Å². The molecule has 1 amide bonds. The van der Waals surface area contributed by atoms with Crippen LogP contribution in [0.3, 0.4) is 0 Å². The van der Waals surface area contributed by atoms with Crippen molar-refractivity contribution in [2.75, 3.05) is 5.32 Å². The normalized spacial score (nSPS) is 12.2. The Morgan fingerprint density at radius 2 is 1.96 bits per heavy atom. The first-order valence-electron chi connectivity index (χ1n) is 8.55. The largest absolute Gasteiger partial charge is 0.291 e. The van der Waals surface area contributed by atoms with Crippen LogP contribution >= 0.6 is 11.6 Å². The van der Waals surface area contributed by atoms with Gasteiger partial charge in [0.05, 0.1) is 23.0 Å². The lowest BCUT2D eigenvalue weighted by Gasteiger charge is -2.16. The molecule has 0 aliphatic carbocycles. The van der Waals surface area contributed by atoms with Crippen LogP contribution in [0.5, 0.6) is 0 Å². The summed E-state index contributed by atoms with van der Waals surface area (Å²) in [6, 6.07) is 5.62.